The molecule has 0 aliphatic carbocycles. The van der Waals surface area contributed by atoms with Gasteiger partial charge in [-0.1, -0.05) is 25.2 Å². The van der Waals surface area contributed by atoms with Crippen LogP contribution in [0.1, 0.15) is 18.9 Å². The molecule has 2 aromatic rings. The summed E-state index contributed by atoms with van der Waals surface area (Å²) in [5.74, 6) is -1.80. The molecule has 118 valence electrons. The molecule has 2 rings (SSSR count). The number of rotatable bonds is 6. The second kappa shape index (κ2) is 7.26. The summed E-state index contributed by atoms with van der Waals surface area (Å²) in [6.45, 7) is 3.72. The van der Waals surface area contributed by atoms with E-state index in [0.29, 0.717) is 17.1 Å². The third kappa shape index (κ3) is 4.73. The molecular formula is C14H15F2N3O2S. The van der Waals surface area contributed by atoms with Crippen molar-refractivity contribution in [1.82, 2.24) is 10.2 Å². The van der Waals surface area contributed by atoms with E-state index in [1.165, 1.54) is 11.3 Å². The van der Waals surface area contributed by atoms with Crippen LogP contribution in [0.4, 0.5) is 13.9 Å². The number of anilines is 1. The molecule has 0 unspecified atom stereocenters. The summed E-state index contributed by atoms with van der Waals surface area (Å²) in [6.07, 6.45) is 0.783. The Morgan fingerprint density at radius 2 is 2.14 bits per heavy atom. The maximum atomic E-state index is 13.3. The van der Waals surface area contributed by atoms with Gasteiger partial charge >= 0.3 is 0 Å². The third-order valence-corrected chi connectivity index (χ3v) is 3.41. The molecule has 0 fully saturated rings. The minimum absolute atomic E-state index is 0.186. The standard InChI is InChI=1S/C14H15F2N3O2S/c1-8(2)5-13-18-19-14(22-13)17-12(20)7-21-11-4-3-9(15)6-10(11)16/h3-4,6,8H,5,7H2,1-2H3,(H,17,19,20). The number of benzene rings is 1. The maximum absolute atomic E-state index is 13.3. The number of nitrogens with zero attached hydrogens (tertiary/aromatic N) is 2. The van der Waals surface area contributed by atoms with Crippen molar-refractivity contribution in [1.29, 1.82) is 0 Å². The number of carbonyl (C=O) groups excluding carboxylic acids is 1. The Bertz CT molecular complexity index is 661. The molecule has 0 spiro atoms. The highest BCUT2D eigenvalue weighted by Gasteiger charge is 2.11. The van der Waals surface area contributed by atoms with Gasteiger partial charge in [0.25, 0.3) is 5.91 Å². The van der Waals surface area contributed by atoms with Crippen molar-refractivity contribution in [3.8, 4) is 5.75 Å². The van der Waals surface area contributed by atoms with Crippen LogP contribution in [0, 0.1) is 17.6 Å². The molecule has 5 nitrogen and oxygen atoms in total. The number of hydrogen-bond acceptors (Lipinski definition) is 5. The van der Waals surface area contributed by atoms with E-state index in [2.05, 4.69) is 29.4 Å². The molecule has 22 heavy (non-hydrogen) atoms. The zero-order valence-electron chi connectivity index (χ0n) is 12.1. The number of nitrogens with one attached hydrogen (secondary N) is 1. The minimum Gasteiger partial charge on any atom is -0.481 e. The van der Waals surface area contributed by atoms with Gasteiger partial charge in [0.15, 0.2) is 18.2 Å². The summed E-state index contributed by atoms with van der Waals surface area (Å²) in [5, 5.41) is 11.5. The number of hydrogen-bond donors (Lipinski definition) is 1. The Morgan fingerprint density at radius 3 is 2.82 bits per heavy atom. The van der Waals surface area contributed by atoms with Crippen LogP contribution in [-0.4, -0.2) is 22.7 Å². The summed E-state index contributed by atoms with van der Waals surface area (Å²) in [4.78, 5) is 11.7. The molecule has 1 aromatic carbocycles. The molecular weight excluding hydrogens is 312 g/mol. The quantitative estimate of drug-likeness (QED) is 0.886. The largest absolute Gasteiger partial charge is 0.481 e. The molecule has 1 amide bonds. The maximum Gasteiger partial charge on any atom is 0.264 e. The van der Waals surface area contributed by atoms with Crippen LogP contribution >= 0.6 is 11.3 Å². The average molecular weight is 327 g/mol. The second-order valence-electron chi connectivity index (χ2n) is 5.01. The monoisotopic (exact) mass is 327 g/mol. The van der Waals surface area contributed by atoms with E-state index in [1.54, 1.807) is 0 Å². The summed E-state index contributed by atoms with van der Waals surface area (Å²) in [6, 6.07) is 2.87. The smallest absolute Gasteiger partial charge is 0.264 e. The van der Waals surface area contributed by atoms with Crippen molar-refractivity contribution in [3.05, 3.63) is 34.8 Å². The van der Waals surface area contributed by atoms with E-state index in [4.69, 9.17) is 4.74 Å². The first-order valence-corrected chi connectivity index (χ1v) is 7.45. The number of amides is 1. The lowest BCUT2D eigenvalue weighted by atomic mass is 10.1. The molecule has 1 heterocycles. The Hall–Kier alpha value is -2.09. The van der Waals surface area contributed by atoms with Crippen LogP contribution in [0.25, 0.3) is 0 Å². The Morgan fingerprint density at radius 1 is 1.36 bits per heavy atom. The van der Waals surface area contributed by atoms with Gasteiger partial charge in [0, 0.05) is 12.5 Å². The zero-order chi connectivity index (χ0) is 16.1. The van der Waals surface area contributed by atoms with E-state index in [9.17, 15) is 13.6 Å². The Balaban J connectivity index is 1.86. The van der Waals surface area contributed by atoms with Gasteiger partial charge in [-0.2, -0.15) is 0 Å². The van der Waals surface area contributed by atoms with Crippen LogP contribution in [0.5, 0.6) is 5.75 Å². The third-order valence-electron chi connectivity index (χ3n) is 2.55. The molecule has 1 aromatic heterocycles. The molecule has 1 N–H and O–H groups in total. The summed E-state index contributed by atoms with van der Waals surface area (Å²) < 4.78 is 31.1. The summed E-state index contributed by atoms with van der Waals surface area (Å²) >= 11 is 1.28. The normalized spacial score (nSPS) is 10.8. The van der Waals surface area contributed by atoms with Gasteiger partial charge in [-0.3, -0.25) is 10.1 Å². The van der Waals surface area contributed by atoms with Crippen molar-refractivity contribution < 1.29 is 18.3 Å². The van der Waals surface area contributed by atoms with E-state index < -0.39 is 24.1 Å². The fourth-order valence-corrected chi connectivity index (χ4v) is 2.59. The lowest BCUT2D eigenvalue weighted by Crippen LogP contribution is -2.20. The second-order valence-corrected chi connectivity index (χ2v) is 6.07. The molecule has 0 saturated carbocycles. The predicted molar refractivity (Wildman–Crippen MR) is 78.9 cm³/mol. The lowest BCUT2D eigenvalue weighted by Gasteiger charge is -2.06. The Kier molecular flexibility index (Phi) is 5.37. The predicted octanol–water partition coefficient (Wildman–Crippen LogP) is 3.03. The fourth-order valence-electron chi connectivity index (χ4n) is 1.63. The highest BCUT2D eigenvalue weighted by molar-refractivity contribution is 7.15. The number of ether oxygens (including phenoxy) is 1. The first-order valence-electron chi connectivity index (χ1n) is 6.64. The van der Waals surface area contributed by atoms with Crippen molar-refractivity contribution in [3.63, 3.8) is 0 Å². The number of carbonyl (C=O) groups is 1. The van der Waals surface area contributed by atoms with E-state index >= 15 is 0 Å². The van der Waals surface area contributed by atoms with Gasteiger partial charge in [-0.25, -0.2) is 8.78 Å². The molecule has 0 atom stereocenters. The van der Waals surface area contributed by atoms with Gasteiger partial charge in [-0.15, -0.1) is 10.2 Å². The van der Waals surface area contributed by atoms with Crippen molar-refractivity contribution in [2.75, 3.05) is 11.9 Å². The van der Waals surface area contributed by atoms with Crippen molar-refractivity contribution in [2.45, 2.75) is 20.3 Å². The molecule has 0 radical (unpaired) electrons. The van der Waals surface area contributed by atoms with Crippen molar-refractivity contribution in [2.24, 2.45) is 5.92 Å². The topological polar surface area (TPSA) is 64.1 Å². The number of halogens is 2. The molecule has 8 heteroatoms. The SMILES string of the molecule is CC(C)Cc1nnc(NC(=O)COc2ccc(F)cc2F)s1. The highest BCUT2D eigenvalue weighted by Crippen LogP contribution is 2.19. The van der Waals surface area contributed by atoms with Gasteiger partial charge in [-0.05, 0) is 18.1 Å². The van der Waals surface area contributed by atoms with Gasteiger partial charge < -0.3 is 4.74 Å². The fraction of sp³-hybridized carbons (Fsp3) is 0.357. The Labute approximate surface area is 130 Å². The molecule has 0 saturated heterocycles. The summed E-state index contributed by atoms with van der Waals surface area (Å²) in [5.41, 5.74) is 0. The zero-order valence-corrected chi connectivity index (χ0v) is 12.9. The van der Waals surface area contributed by atoms with E-state index in [1.807, 2.05) is 0 Å². The molecule has 0 aliphatic heterocycles. The lowest BCUT2D eigenvalue weighted by molar-refractivity contribution is -0.118. The van der Waals surface area contributed by atoms with Crippen LogP contribution in [-0.2, 0) is 11.2 Å². The molecule has 0 aliphatic rings. The number of aromatic nitrogens is 2. The molecule has 0 bridgehead atoms. The van der Waals surface area contributed by atoms with Gasteiger partial charge in [0.1, 0.15) is 10.8 Å². The van der Waals surface area contributed by atoms with Gasteiger partial charge in [0.2, 0.25) is 5.13 Å². The van der Waals surface area contributed by atoms with Crippen molar-refractivity contribution >= 4 is 22.4 Å². The average Bonchev–Trinajstić information content (AvgIpc) is 2.84. The first-order chi connectivity index (χ1) is 10.4. The van der Waals surface area contributed by atoms with Crippen LogP contribution < -0.4 is 10.1 Å². The summed E-state index contributed by atoms with van der Waals surface area (Å²) in [7, 11) is 0. The first kappa shape index (κ1) is 16.3. The van der Waals surface area contributed by atoms with E-state index in [0.717, 1.165) is 23.6 Å². The van der Waals surface area contributed by atoms with Crippen LogP contribution in [0.2, 0.25) is 0 Å². The van der Waals surface area contributed by atoms with E-state index in [-0.39, 0.29) is 5.75 Å². The van der Waals surface area contributed by atoms with Gasteiger partial charge in [0.05, 0.1) is 0 Å². The highest BCUT2D eigenvalue weighted by atomic mass is 32.1. The minimum atomic E-state index is -0.858. The van der Waals surface area contributed by atoms with Crippen LogP contribution in [0.15, 0.2) is 18.2 Å². The van der Waals surface area contributed by atoms with Crippen LogP contribution in [0.3, 0.4) is 0 Å².